The molecule has 2 heterocycles. The minimum atomic E-state index is -4.75. The Morgan fingerprint density at radius 1 is 0.656 bits per heavy atom. The fourth-order valence-corrected chi connectivity index (χ4v) is 12.4. The van der Waals surface area contributed by atoms with E-state index in [9.17, 15) is 65.9 Å². The molecule has 1 saturated carbocycles. The quantitative estimate of drug-likeness (QED) is 0.259. The fraction of sp³-hybridized carbons (Fsp3) is 0.641. The van der Waals surface area contributed by atoms with Gasteiger partial charge in [0.2, 0.25) is 65.0 Å². The maximum atomic E-state index is 15.0. The Labute approximate surface area is 532 Å². The van der Waals surface area contributed by atoms with E-state index in [1.807, 2.05) is 20.8 Å². The Bertz CT molecular complexity index is 2930. The summed E-state index contributed by atoms with van der Waals surface area (Å²) in [5.74, 6) is -8.20. The molecule has 0 bridgehead atoms. The van der Waals surface area contributed by atoms with Crippen LogP contribution in [0.25, 0.3) is 0 Å². The number of carbonyl (C=O) groups is 11. The average molecular weight is 1280 g/mol. The zero-order valence-corrected chi connectivity index (χ0v) is 55.1. The topological polar surface area (TPSA) is 259 Å². The summed E-state index contributed by atoms with van der Waals surface area (Å²) in [5, 5.41) is 10.9. The highest BCUT2D eigenvalue weighted by atomic mass is 35.5. The Balaban J connectivity index is 1.55. The number of hydrogen-bond donors (Lipinski definition) is 4. The van der Waals surface area contributed by atoms with Crippen LogP contribution in [-0.4, -0.2) is 216 Å². The number of nitrogens with one attached hydrogen (secondary N) is 4. The van der Waals surface area contributed by atoms with Gasteiger partial charge in [-0.15, -0.1) is 0 Å². The van der Waals surface area contributed by atoms with E-state index in [-0.39, 0.29) is 63.8 Å². The van der Waals surface area contributed by atoms with E-state index >= 15 is 0 Å². The van der Waals surface area contributed by atoms with Crippen LogP contribution in [0.1, 0.15) is 129 Å². The molecule has 0 radical (unpaired) electrons. The number of nitrogens with zero attached hydrogens (tertiary/aromatic N) is 7. The molecule has 22 nitrogen and oxygen atoms in total. The van der Waals surface area contributed by atoms with Crippen LogP contribution in [0.3, 0.4) is 0 Å². The molecule has 4 N–H and O–H groups in total. The SMILES string of the molecule is CC[C@H](C)[C@@H]1NC(=O)[C@H](CC(C)C)N(C)C(=O)C[C@@H](C)NC(=O)[C@H](C(C)C)N(C)C(=O)C2(CCCC2)NC(=O)C2CCCN2C(=O)[C@H](CCc2ccc(C(F)(F)F)c(Cl)c2)NC(=O)CN(C)C(=O)[C@H](Cc2ccccc2)N(C)C(=O)CN(C)C(=O)CN(C)C1=O. The first-order valence-electron chi connectivity index (χ1n) is 31.1. The summed E-state index contributed by atoms with van der Waals surface area (Å²) in [6, 6.07) is 3.86. The van der Waals surface area contributed by atoms with Gasteiger partial charge in [0, 0.05) is 67.7 Å². The highest BCUT2D eigenvalue weighted by molar-refractivity contribution is 6.31. The van der Waals surface area contributed by atoms with Gasteiger partial charge in [-0.3, -0.25) is 52.7 Å². The molecule has 0 aromatic heterocycles. The highest BCUT2D eigenvalue weighted by Crippen LogP contribution is 2.36. The lowest BCUT2D eigenvalue weighted by Crippen LogP contribution is -2.64. The zero-order valence-electron chi connectivity index (χ0n) is 54.3. The zero-order chi connectivity index (χ0) is 67.3. The summed E-state index contributed by atoms with van der Waals surface area (Å²) in [7, 11) is 8.36. The van der Waals surface area contributed by atoms with Crippen molar-refractivity contribution < 1.29 is 65.9 Å². The van der Waals surface area contributed by atoms with Gasteiger partial charge in [-0.1, -0.05) is 109 Å². The van der Waals surface area contributed by atoms with Crippen molar-refractivity contribution in [1.29, 1.82) is 0 Å². The van der Waals surface area contributed by atoms with Crippen molar-refractivity contribution in [3.05, 3.63) is 70.2 Å². The standard InChI is InChI=1S/C64H93ClF3N11O11/c1-14-40(6)54-61(89)75(10)36-52(82)73(8)37-53(83)77(12)49(34-42-21-16-15-17-22-42)60(88)74(9)35-50(80)70-46(27-25-43-24-26-44(45(65)33-43)64(66,67)68)59(87)79-30-20-23-47(79)57(85)72-63(28-18-19-29-63)62(90)78(13)55(39(4)5)58(86)69-41(7)32-51(81)76(11)48(31-38(2)3)56(84)71-54/h15-17,21-22,24,26,33,38-41,46-49,54-55H,14,18-20,23,25,27-32,34-37H2,1-13H3,(H,69,86)(H,70,80)(H,71,84)(H,72,85)/t40-,41+,46-,47?,48-,49-,54-,55-/m0/s1. The summed E-state index contributed by atoms with van der Waals surface area (Å²) >= 11 is 6.10. The molecule has 26 heteroatoms. The van der Waals surface area contributed by atoms with Crippen molar-refractivity contribution in [1.82, 2.24) is 55.6 Å². The lowest BCUT2D eigenvalue weighted by atomic mass is 9.92. The van der Waals surface area contributed by atoms with Gasteiger partial charge >= 0.3 is 6.18 Å². The number of likely N-dealkylation sites (N-methyl/N-ethyl adjacent to an activating group) is 6. The third-order valence-electron chi connectivity index (χ3n) is 17.6. The third kappa shape index (κ3) is 18.9. The van der Waals surface area contributed by atoms with E-state index in [1.54, 1.807) is 58.0 Å². The summed E-state index contributed by atoms with van der Waals surface area (Å²) in [6.45, 7) is 10.8. The van der Waals surface area contributed by atoms with E-state index in [1.165, 1.54) is 63.1 Å². The maximum Gasteiger partial charge on any atom is 0.417 e. The second kappa shape index (κ2) is 32.1. The molecule has 3 fully saturated rings. The molecule has 2 aliphatic heterocycles. The van der Waals surface area contributed by atoms with Crippen LogP contribution >= 0.6 is 11.6 Å². The molecule has 11 amide bonds. The lowest BCUT2D eigenvalue weighted by molar-refractivity contribution is -0.149. The second-order valence-electron chi connectivity index (χ2n) is 25.5. The molecule has 3 aliphatic rings. The number of carbonyl (C=O) groups excluding carboxylic acids is 11. The van der Waals surface area contributed by atoms with Gasteiger partial charge in [0.05, 0.1) is 30.2 Å². The molecule has 2 saturated heterocycles. The van der Waals surface area contributed by atoms with Gasteiger partial charge < -0.3 is 55.6 Å². The van der Waals surface area contributed by atoms with Gasteiger partial charge in [-0.05, 0) is 92.9 Å². The molecule has 8 atom stereocenters. The molecule has 1 aliphatic carbocycles. The monoisotopic (exact) mass is 1280 g/mol. The Kier molecular flexibility index (Phi) is 26.2. The van der Waals surface area contributed by atoms with E-state index in [0.717, 1.165) is 31.7 Å². The first-order valence-corrected chi connectivity index (χ1v) is 31.4. The summed E-state index contributed by atoms with van der Waals surface area (Å²) in [5.41, 5.74) is -1.65. The maximum absolute atomic E-state index is 15.0. The van der Waals surface area contributed by atoms with Crippen molar-refractivity contribution >= 4 is 76.6 Å². The number of fused-ring (bicyclic) bond motifs is 1. The van der Waals surface area contributed by atoms with Crippen LogP contribution < -0.4 is 21.3 Å². The van der Waals surface area contributed by atoms with Crippen LogP contribution in [0.15, 0.2) is 48.5 Å². The molecular formula is C64H93ClF3N11O11. The number of amides is 11. The Morgan fingerprint density at radius 2 is 1.27 bits per heavy atom. The first-order chi connectivity index (χ1) is 42.1. The predicted molar refractivity (Wildman–Crippen MR) is 331 cm³/mol. The smallest absolute Gasteiger partial charge is 0.351 e. The fourth-order valence-electron chi connectivity index (χ4n) is 12.1. The van der Waals surface area contributed by atoms with Gasteiger partial charge in [0.1, 0.15) is 41.8 Å². The summed E-state index contributed by atoms with van der Waals surface area (Å²) in [6.07, 6.45) is -2.74. The third-order valence-corrected chi connectivity index (χ3v) is 17.9. The molecule has 90 heavy (non-hydrogen) atoms. The minimum Gasteiger partial charge on any atom is -0.351 e. The van der Waals surface area contributed by atoms with Crippen molar-refractivity contribution in [3.8, 4) is 0 Å². The largest absolute Gasteiger partial charge is 0.417 e. The minimum absolute atomic E-state index is 0.0430. The Hall–Kier alpha value is -7.31. The number of halogens is 4. The molecule has 2 aromatic rings. The van der Waals surface area contributed by atoms with Gasteiger partial charge in [0.25, 0.3) is 0 Å². The highest BCUT2D eigenvalue weighted by Gasteiger charge is 2.49. The van der Waals surface area contributed by atoms with Crippen LogP contribution in [0.4, 0.5) is 13.2 Å². The predicted octanol–water partition coefficient (Wildman–Crippen LogP) is 4.44. The number of hydrogen-bond acceptors (Lipinski definition) is 11. The van der Waals surface area contributed by atoms with Crippen LogP contribution in [0.2, 0.25) is 5.02 Å². The molecular weight excluding hydrogens is 1190 g/mol. The van der Waals surface area contributed by atoms with Gasteiger partial charge in [-0.25, -0.2) is 0 Å². The second-order valence-corrected chi connectivity index (χ2v) is 25.9. The molecule has 5 rings (SSSR count). The van der Waals surface area contributed by atoms with Crippen LogP contribution in [-0.2, 0) is 71.8 Å². The van der Waals surface area contributed by atoms with Crippen molar-refractivity contribution in [2.75, 3.05) is 68.5 Å². The molecule has 2 aromatic carbocycles. The summed E-state index contributed by atoms with van der Waals surface area (Å²) < 4.78 is 41.2. The van der Waals surface area contributed by atoms with Crippen molar-refractivity contribution in [3.63, 3.8) is 0 Å². The summed E-state index contributed by atoms with van der Waals surface area (Å²) in [4.78, 5) is 167. The number of aryl methyl sites for hydroxylation is 1. The average Bonchev–Trinajstić information content (AvgIpc) is 1.54. The van der Waals surface area contributed by atoms with E-state index < -0.39 is 161 Å². The normalized spacial score (nSPS) is 25.0. The number of rotatable bonds is 10. The number of alkyl halides is 3. The molecule has 1 spiro atoms. The Morgan fingerprint density at radius 3 is 1.86 bits per heavy atom. The van der Waals surface area contributed by atoms with Gasteiger partial charge in [-0.2, -0.15) is 13.2 Å². The van der Waals surface area contributed by atoms with E-state index in [4.69, 9.17) is 11.6 Å². The van der Waals surface area contributed by atoms with Crippen molar-refractivity contribution in [2.24, 2.45) is 17.8 Å². The van der Waals surface area contributed by atoms with E-state index in [0.29, 0.717) is 36.8 Å². The van der Waals surface area contributed by atoms with Crippen LogP contribution in [0, 0.1) is 17.8 Å². The molecule has 498 valence electrons. The van der Waals surface area contributed by atoms with Gasteiger partial charge in [0.15, 0.2) is 0 Å². The van der Waals surface area contributed by atoms with Crippen LogP contribution in [0.5, 0.6) is 0 Å². The lowest BCUT2D eigenvalue weighted by Gasteiger charge is -2.39. The first kappa shape index (κ1) is 73.4. The van der Waals surface area contributed by atoms with E-state index in [2.05, 4.69) is 21.3 Å². The van der Waals surface area contributed by atoms with Crippen molar-refractivity contribution in [2.45, 2.75) is 180 Å². The molecule has 1 unspecified atom stereocenters. The number of benzene rings is 2.